The molecule has 0 radical (unpaired) electrons. The quantitative estimate of drug-likeness (QED) is 0.689. The van der Waals surface area contributed by atoms with Crippen molar-refractivity contribution in [1.82, 2.24) is 0 Å². The first-order chi connectivity index (χ1) is 8.56. The zero-order valence-corrected chi connectivity index (χ0v) is 12.4. The van der Waals surface area contributed by atoms with E-state index >= 15 is 0 Å². The van der Waals surface area contributed by atoms with E-state index in [2.05, 4.69) is 12.8 Å². The number of halogens is 1. The van der Waals surface area contributed by atoms with Gasteiger partial charge in [0.1, 0.15) is 5.75 Å². The van der Waals surface area contributed by atoms with E-state index in [1.54, 1.807) is 7.11 Å². The molecule has 0 amide bonds. The predicted octanol–water partition coefficient (Wildman–Crippen LogP) is 4.87. The molecule has 0 aliphatic rings. The second kappa shape index (κ2) is 6.71. The van der Waals surface area contributed by atoms with Crippen LogP contribution in [0.1, 0.15) is 48.8 Å². The van der Waals surface area contributed by atoms with Crippen LogP contribution >= 0.6 is 11.6 Å². The number of hydrogen-bond acceptors (Lipinski definition) is 1. The second-order valence-electron chi connectivity index (χ2n) is 4.64. The number of benzene rings is 1. The molecular formula is C16H21ClO. The molecule has 1 rings (SSSR count). The summed E-state index contributed by atoms with van der Waals surface area (Å²) in [6, 6.07) is 2.00. The summed E-state index contributed by atoms with van der Waals surface area (Å²) in [4.78, 5) is 0. The van der Waals surface area contributed by atoms with Crippen molar-refractivity contribution in [3.63, 3.8) is 0 Å². The average Bonchev–Trinajstić information content (AvgIpc) is 2.35. The highest BCUT2D eigenvalue weighted by Gasteiger charge is 2.20. The van der Waals surface area contributed by atoms with E-state index < -0.39 is 0 Å². The van der Waals surface area contributed by atoms with Crippen molar-refractivity contribution >= 4 is 11.6 Å². The molecule has 0 aromatic heterocycles. The summed E-state index contributed by atoms with van der Waals surface area (Å²) in [6.07, 6.45) is 8.36. The van der Waals surface area contributed by atoms with Crippen molar-refractivity contribution in [2.75, 3.05) is 7.11 Å². The van der Waals surface area contributed by atoms with Crippen LogP contribution in [0.5, 0.6) is 5.75 Å². The molecule has 1 aromatic carbocycles. The first kappa shape index (κ1) is 14.9. The van der Waals surface area contributed by atoms with Gasteiger partial charge in [-0.2, -0.15) is 0 Å². The van der Waals surface area contributed by atoms with Crippen LogP contribution < -0.4 is 4.74 Å². The Morgan fingerprint density at radius 3 is 2.61 bits per heavy atom. The Morgan fingerprint density at radius 1 is 1.44 bits per heavy atom. The van der Waals surface area contributed by atoms with E-state index in [0.29, 0.717) is 5.92 Å². The summed E-state index contributed by atoms with van der Waals surface area (Å²) in [7, 11) is 1.70. The third-order valence-corrected chi connectivity index (χ3v) is 3.90. The molecule has 1 unspecified atom stereocenters. The maximum atomic E-state index is 6.35. The van der Waals surface area contributed by atoms with Gasteiger partial charge in [-0.3, -0.25) is 0 Å². The standard InChI is InChI=1S/C16H21ClO/c1-6-8-13(9-7-2)15-12(4)16(17)11(3)10-14(15)18-5/h1,10,13H,7-9H2,2-5H3. The Hall–Kier alpha value is -1.13. The van der Waals surface area contributed by atoms with E-state index in [-0.39, 0.29) is 0 Å². The zero-order valence-electron chi connectivity index (χ0n) is 11.6. The summed E-state index contributed by atoms with van der Waals surface area (Å²) in [5.41, 5.74) is 3.32. The smallest absolute Gasteiger partial charge is 0.122 e. The molecule has 1 aromatic rings. The molecule has 0 aliphatic carbocycles. The van der Waals surface area contributed by atoms with Crippen LogP contribution in [0.15, 0.2) is 6.07 Å². The van der Waals surface area contributed by atoms with Gasteiger partial charge < -0.3 is 4.74 Å². The van der Waals surface area contributed by atoms with Crippen LogP contribution in [0.4, 0.5) is 0 Å². The Labute approximate surface area is 115 Å². The maximum Gasteiger partial charge on any atom is 0.122 e. The SMILES string of the molecule is C#CCC(CCC)c1c(OC)cc(C)c(Cl)c1C. The van der Waals surface area contributed by atoms with E-state index in [0.717, 1.165) is 41.2 Å². The van der Waals surface area contributed by atoms with Crippen molar-refractivity contribution in [3.8, 4) is 18.1 Å². The number of hydrogen-bond donors (Lipinski definition) is 0. The largest absolute Gasteiger partial charge is 0.496 e. The topological polar surface area (TPSA) is 9.23 Å². The van der Waals surface area contributed by atoms with Gasteiger partial charge in [0, 0.05) is 17.0 Å². The summed E-state index contributed by atoms with van der Waals surface area (Å²) >= 11 is 6.35. The molecule has 0 bridgehead atoms. The molecule has 0 heterocycles. The summed E-state index contributed by atoms with van der Waals surface area (Å²) < 4.78 is 5.51. The molecule has 0 N–H and O–H groups in total. The molecule has 0 saturated carbocycles. The van der Waals surface area contributed by atoms with E-state index in [1.165, 1.54) is 5.56 Å². The summed E-state index contributed by atoms with van der Waals surface area (Å²) in [5, 5.41) is 0.823. The molecule has 0 spiro atoms. The van der Waals surface area contributed by atoms with Crippen LogP contribution in [0, 0.1) is 26.2 Å². The number of methoxy groups -OCH3 is 1. The molecule has 0 fully saturated rings. The van der Waals surface area contributed by atoms with Crippen LogP contribution in [0.2, 0.25) is 5.02 Å². The molecule has 0 saturated heterocycles. The van der Waals surface area contributed by atoms with Gasteiger partial charge >= 0.3 is 0 Å². The van der Waals surface area contributed by atoms with Crippen molar-refractivity contribution in [2.24, 2.45) is 0 Å². The first-order valence-corrected chi connectivity index (χ1v) is 6.71. The van der Waals surface area contributed by atoms with Crippen LogP contribution in [-0.4, -0.2) is 7.11 Å². The molecule has 1 atom stereocenters. The van der Waals surface area contributed by atoms with Crippen LogP contribution in [0.3, 0.4) is 0 Å². The van der Waals surface area contributed by atoms with Crippen molar-refractivity contribution in [3.05, 3.63) is 27.8 Å². The average molecular weight is 265 g/mol. The molecule has 98 valence electrons. The van der Waals surface area contributed by atoms with Crippen molar-refractivity contribution in [1.29, 1.82) is 0 Å². The minimum absolute atomic E-state index is 0.327. The van der Waals surface area contributed by atoms with Gasteiger partial charge in [-0.1, -0.05) is 24.9 Å². The fourth-order valence-corrected chi connectivity index (χ4v) is 2.61. The lowest BCUT2D eigenvalue weighted by Gasteiger charge is -2.22. The van der Waals surface area contributed by atoms with Gasteiger partial charge in [-0.05, 0) is 43.4 Å². The van der Waals surface area contributed by atoms with Gasteiger partial charge in [0.05, 0.1) is 7.11 Å². The van der Waals surface area contributed by atoms with Crippen LogP contribution in [-0.2, 0) is 0 Å². The van der Waals surface area contributed by atoms with E-state index in [4.69, 9.17) is 22.8 Å². The molecule has 0 aliphatic heterocycles. The van der Waals surface area contributed by atoms with Gasteiger partial charge in [-0.25, -0.2) is 0 Å². The third kappa shape index (κ3) is 3.00. The van der Waals surface area contributed by atoms with Crippen molar-refractivity contribution in [2.45, 2.75) is 46.0 Å². The minimum atomic E-state index is 0.327. The number of terminal acetylenes is 1. The highest BCUT2D eigenvalue weighted by Crippen LogP contribution is 2.39. The Morgan fingerprint density at radius 2 is 2.11 bits per heavy atom. The fourth-order valence-electron chi connectivity index (χ4n) is 2.45. The Balaban J connectivity index is 3.35. The second-order valence-corrected chi connectivity index (χ2v) is 5.02. The normalized spacial score (nSPS) is 12.0. The van der Waals surface area contributed by atoms with Gasteiger partial charge in [-0.15, -0.1) is 12.3 Å². The van der Waals surface area contributed by atoms with Gasteiger partial charge in [0.15, 0.2) is 0 Å². The van der Waals surface area contributed by atoms with Crippen LogP contribution in [0.25, 0.3) is 0 Å². The number of ether oxygens (including phenoxy) is 1. The lowest BCUT2D eigenvalue weighted by molar-refractivity contribution is 0.402. The monoisotopic (exact) mass is 264 g/mol. The Bertz CT molecular complexity index is 457. The molecule has 1 nitrogen and oxygen atoms in total. The lowest BCUT2D eigenvalue weighted by atomic mass is 9.87. The highest BCUT2D eigenvalue weighted by atomic mass is 35.5. The lowest BCUT2D eigenvalue weighted by Crippen LogP contribution is -2.05. The minimum Gasteiger partial charge on any atom is -0.496 e. The fraction of sp³-hybridized carbons (Fsp3) is 0.500. The zero-order chi connectivity index (χ0) is 13.7. The molecule has 2 heteroatoms. The third-order valence-electron chi connectivity index (χ3n) is 3.32. The first-order valence-electron chi connectivity index (χ1n) is 6.33. The van der Waals surface area contributed by atoms with E-state index in [1.807, 2.05) is 19.9 Å². The molecular weight excluding hydrogens is 244 g/mol. The summed E-state index contributed by atoms with van der Waals surface area (Å²) in [5.74, 6) is 4.00. The van der Waals surface area contributed by atoms with Gasteiger partial charge in [0.25, 0.3) is 0 Å². The highest BCUT2D eigenvalue weighted by molar-refractivity contribution is 6.32. The summed E-state index contributed by atoms with van der Waals surface area (Å²) in [6.45, 7) is 6.21. The number of aryl methyl sites for hydroxylation is 1. The molecule has 18 heavy (non-hydrogen) atoms. The predicted molar refractivity (Wildman–Crippen MR) is 78.6 cm³/mol. The van der Waals surface area contributed by atoms with Crippen molar-refractivity contribution < 1.29 is 4.74 Å². The van der Waals surface area contributed by atoms with E-state index in [9.17, 15) is 0 Å². The maximum absolute atomic E-state index is 6.35. The van der Waals surface area contributed by atoms with Gasteiger partial charge in [0.2, 0.25) is 0 Å². The Kier molecular flexibility index (Phi) is 5.56. The number of rotatable bonds is 5.